The Labute approximate surface area is 77.7 Å². The van der Waals surface area contributed by atoms with E-state index in [1.54, 1.807) is 0 Å². The minimum Gasteiger partial charge on any atom is -0.515 e. The molecule has 0 heterocycles. The number of carbonyl (C=O) groups is 1. The fourth-order valence-electron chi connectivity index (χ4n) is 1.06. The molecule has 0 bridgehead atoms. The molecule has 0 aliphatic heterocycles. The molecule has 1 N–H and O–H groups in total. The molecule has 0 spiro atoms. The Bertz CT molecular complexity index is 261. The molecular formula is C10H14O3. The second-order valence-corrected chi connectivity index (χ2v) is 3.51. The maximum Gasteiger partial charge on any atom is 0.164 e. The first kappa shape index (κ1) is 9.84. The Morgan fingerprint density at radius 3 is 2.92 bits per heavy atom. The van der Waals surface area contributed by atoms with E-state index in [1.807, 2.05) is 13.8 Å². The lowest BCUT2D eigenvalue weighted by Crippen LogP contribution is -2.01. The van der Waals surface area contributed by atoms with Crippen LogP contribution in [0.25, 0.3) is 0 Å². The van der Waals surface area contributed by atoms with Gasteiger partial charge in [0.15, 0.2) is 5.78 Å². The summed E-state index contributed by atoms with van der Waals surface area (Å²) in [6.45, 7) is 4.62. The van der Waals surface area contributed by atoms with Crippen molar-refractivity contribution in [2.45, 2.75) is 20.3 Å². The van der Waals surface area contributed by atoms with E-state index in [0.29, 0.717) is 23.9 Å². The van der Waals surface area contributed by atoms with Crippen molar-refractivity contribution in [3.8, 4) is 0 Å². The van der Waals surface area contributed by atoms with E-state index in [9.17, 15) is 4.79 Å². The van der Waals surface area contributed by atoms with Crippen LogP contribution in [-0.2, 0) is 9.53 Å². The normalized spacial score (nSPS) is 19.8. The minimum absolute atomic E-state index is 0.0148. The Morgan fingerprint density at radius 1 is 1.69 bits per heavy atom. The van der Waals surface area contributed by atoms with Crippen LogP contribution in [0.2, 0.25) is 0 Å². The summed E-state index contributed by atoms with van der Waals surface area (Å²) in [7, 11) is 0. The number of hydrogen-bond donors (Lipinski definition) is 1. The Hall–Kier alpha value is -1.25. The third-order valence-electron chi connectivity index (χ3n) is 1.70. The molecule has 0 amide bonds. The molecule has 13 heavy (non-hydrogen) atoms. The summed E-state index contributed by atoms with van der Waals surface area (Å²) in [4.78, 5) is 11.0. The maximum atomic E-state index is 11.0. The van der Waals surface area contributed by atoms with Gasteiger partial charge in [0.25, 0.3) is 0 Å². The van der Waals surface area contributed by atoms with Gasteiger partial charge in [0.05, 0.1) is 12.9 Å². The smallest absolute Gasteiger partial charge is 0.164 e. The lowest BCUT2D eigenvalue weighted by Gasteiger charge is -2.09. The largest absolute Gasteiger partial charge is 0.515 e. The molecule has 0 fully saturated rings. The zero-order valence-corrected chi connectivity index (χ0v) is 7.91. The monoisotopic (exact) mass is 182 g/mol. The summed E-state index contributed by atoms with van der Waals surface area (Å²) in [6, 6.07) is 0. The average molecular weight is 182 g/mol. The number of aliphatic hydroxyl groups is 1. The Morgan fingerprint density at radius 2 is 2.38 bits per heavy atom. The number of carbonyl (C=O) groups excluding carboxylic acids is 1. The molecule has 1 rings (SSSR count). The van der Waals surface area contributed by atoms with E-state index in [0.717, 1.165) is 6.26 Å². The molecule has 0 atom stereocenters. The summed E-state index contributed by atoms with van der Waals surface area (Å²) >= 11 is 0. The van der Waals surface area contributed by atoms with Gasteiger partial charge < -0.3 is 9.84 Å². The van der Waals surface area contributed by atoms with Crippen molar-refractivity contribution >= 4 is 5.78 Å². The van der Waals surface area contributed by atoms with Gasteiger partial charge in [-0.3, -0.25) is 4.79 Å². The van der Waals surface area contributed by atoms with E-state index in [4.69, 9.17) is 9.84 Å². The lowest BCUT2D eigenvalue weighted by atomic mass is 10.2. The molecule has 0 aromatic carbocycles. The summed E-state index contributed by atoms with van der Waals surface area (Å²) < 4.78 is 5.35. The van der Waals surface area contributed by atoms with Crippen molar-refractivity contribution in [1.82, 2.24) is 0 Å². The van der Waals surface area contributed by atoms with Crippen LogP contribution in [0, 0.1) is 5.92 Å². The molecule has 3 heteroatoms. The minimum atomic E-state index is -0.0148. The van der Waals surface area contributed by atoms with Crippen LogP contribution in [0.15, 0.2) is 23.7 Å². The van der Waals surface area contributed by atoms with Crippen LogP contribution in [0.4, 0.5) is 0 Å². The molecule has 0 saturated carbocycles. The lowest BCUT2D eigenvalue weighted by molar-refractivity contribution is -0.113. The van der Waals surface area contributed by atoms with Gasteiger partial charge in [-0.1, -0.05) is 13.8 Å². The van der Waals surface area contributed by atoms with Gasteiger partial charge in [-0.05, 0) is 5.92 Å². The van der Waals surface area contributed by atoms with Crippen molar-refractivity contribution in [2.24, 2.45) is 5.92 Å². The van der Waals surface area contributed by atoms with Crippen LogP contribution in [0.1, 0.15) is 20.3 Å². The highest BCUT2D eigenvalue weighted by Gasteiger charge is 2.19. The van der Waals surface area contributed by atoms with Crippen LogP contribution >= 0.6 is 0 Å². The summed E-state index contributed by atoms with van der Waals surface area (Å²) in [6.07, 6.45) is 2.63. The summed E-state index contributed by atoms with van der Waals surface area (Å²) in [5.74, 6) is 0.914. The molecule has 3 nitrogen and oxygen atoms in total. The van der Waals surface area contributed by atoms with Crippen molar-refractivity contribution in [2.75, 3.05) is 6.61 Å². The molecule has 0 aromatic rings. The molecule has 0 radical (unpaired) electrons. The predicted octanol–water partition coefficient (Wildman–Crippen LogP) is 1.96. The van der Waals surface area contributed by atoms with Crippen LogP contribution < -0.4 is 0 Å². The standard InChI is InChI=1S/C10H14O3/c1-7(2)6-13-10-4-9(12)3-8(10)5-11/h4-5,7,11H,3,6H2,1-2H3. The van der Waals surface area contributed by atoms with Crippen molar-refractivity contribution in [1.29, 1.82) is 0 Å². The SMILES string of the molecule is CC(C)COC1=CC(=O)CC1=CO. The molecule has 72 valence electrons. The second kappa shape index (κ2) is 4.12. The van der Waals surface area contributed by atoms with Crippen LogP contribution in [0.3, 0.4) is 0 Å². The molecule has 0 saturated heterocycles. The van der Waals surface area contributed by atoms with Gasteiger partial charge in [0, 0.05) is 18.1 Å². The van der Waals surface area contributed by atoms with Gasteiger partial charge in [-0.25, -0.2) is 0 Å². The quantitative estimate of drug-likeness (QED) is 0.678. The number of ketones is 1. The highest BCUT2D eigenvalue weighted by molar-refractivity contribution is 5.96. The number of hydrogen-bond acceptors (Lipinski definition) is 3. The maximum absolute atomic E-state index is 11.0. The summed E-state index contributed by atoms with van der Waals surface area (Å²) in [5, 5.41) is 8.78. The van der Waals surface area contributed by atoms with E-state index in [2.05, 4.69) is 0 Å². The summed E-state index contributed by atoms with van der Waals surface area (Å²) in [5.41, 5.74) is 0.575. The van der Waals surface area contributed by atoms with Crippen molar-refractivity contribution in [3.05, 3.63) is 23.7 Å². The van der Waals surface area contributed by atoms with Gasteiger partial charge in [0.1, 0.15) is 5.76 Å². The topological polar surface area (TPSA) is 46.5 Å². The van der Waals surface area contributed by atoms with Gasteiger partial charge in [0.2, 0.25) is 0 Å². The fourth-order valence-corrected chi connectivity index (χ4v) is 1.06. The fraction of sp³-hybridized carbons (Fsp3) is 0.500. The van der Waals surface area contributed by atoms with E-state index in [-0.39, 0.29) is 12.2 Å². The average Bonchev–Trinajstić information content (AvgIpc) is 2.42. The molecule has 0 unspecified atom stereocenters. The van der Waals surface area contributed by atoms with Gasteiger partial charge >= 0.3 is 0 Å². The molecule has 1 aliphatic rings. The van der Waals surface area contributed by atoms with Gasteiger partial charge in [-0.2, -0.15) is 0 Å². The highest BCUT2D eigenvalue weighted by Crippen LogP contribution is 2.23. The Kier molecular flexibility index (Phi) is 3.12. The van der Waals surface area contributed by atoms with Gasteiger partial charge in [-0.15, -0.1) is 0 Å². The molecule has 1 aliphatic carbocycles. The van der Waals surface area contributed by atoms with Crippen molar-refractivity contribution < 1.29 is 14.6 Å². The molecular weight excluding hydrogens is 168 g/mol. The number of aliphatic hydroxyl groups excluding tert-OH is 1. The third-order valence-corrected chi connectivity index (χ3v) is 1.70. The third kappa shape index (κ3) is 2.61. The first-order valence-corrected chi connectivity index (χ1v) is 4.34. The van der Waals surface area contributed by atoms with E-state index in [1.165, 1.54) is 6.08 Å². The van der Waals surface area contributed by atoms with Crippen LogP contribution in [0.5, 0.6) is 0 Å². The Balaban J connectivity index is 2.57. The number of allylic oxidation sites excluding steroid dienone is 2. The van der Waals surface area contributed by atoms with E-state index >= 15 is 0 Å². The highest BCUT2D eigenvalue weighted by atomic mass is 16.5. The first-order chi connectivity index (χ1) is 6.13. The van der Waals surface area contributed by atoms with Crippen molar-refractivity contribution in [3.63, 3.8) is 0 Å². The predicted molar refractivity (Wildman–Crippen MR) is 49.2 cm³/mol. The number of rotatable bonds is 3. The van der Waals surface area contributed by atoms with E-state index < -0.39 is 0 Å². The second-order valence-electron chi connectivity index (χ2n) is 3.51. The van der Waals surface area contributed by atoms with Crippen LogP contribution in [-0.4, -0.2) is 17.5 Å². The zero-order valence-electron chi connectivity index (χ0n) is 7.91. The zero-order chi connectivity index (χ0) is 9.84. The number of ether oxygens (including phenoxy) is 1. The molecule has 0 aromatic heterocycles. The first-order valence-electron chi connectivity index (χ1n) is 4.34.